The lowest BCUT2D eigenvalue weighted by Crippen LogP contribution is -2.31. The number of rotatable bonds is 4. The Morgan fingerprint density at radius 2 is 1.97 bits per heavy atom. The molecule has 2 aromatic carbocycles. The Morgan fingerprint density at radius 3 is 2.76 bits per heavy atom. The Morgan fingerprint density at radius 1 is 1.17 bits per heavy atom. The van der Waals surface area contributed by atoms with Gasteiger partial charge in [-0.1, -0.05) is 42.1 Å². The van der Waals surface area contributed by atoms with Gasteiger partial charge in [0.1, 0.15) is 4.90 Å². The number of nitrogens with zero attached hydrogens (tertiary/aromatic N) is 3. The number of aromatic nitrogens is 2. The highest BCUT2D eigenvalue weighted by Gasteiger charge is 2.34. The lowest BCUT2D eigenvalue weighted by atomic mass is 10.1. The van der Waals surface area contributed by atoms with Crippen LogP contribution >= 0.6 is 11.8 Å². The molecule has 1 amide bonds. The molecule has 1 N–H and O–H groups in total. The SMILES string of the molecule is Cc1cccc(NC(=O)CSc2ncc3c(n2)-c2ccccc2N(C)S3(=O)=O)c1. The molecule has 1 aromatic heterocycles. The first-order chi connectivity index (χ1) is 13.9. The van der Waals surface area contributed by atoms with Crippen LogP contribution in [0.15, 0.2) is 64.8 Å². The van der Waals surface area contributed by atoms with E-state index in [1.807, 2.05) is 43.3 Å². The van der Waals surface area contributed by atoms with Gasteiger partial charge in [-0.3, -0.25) is 9.10 Å². The van der Waals surface area contributed by atoms with E-state index in [2.05, 4.69) is 15.3 Å². The average Bonchev–Trinajstić information content (AvgIpc) is 2.71. The maximum Gasteiger partial charge on any atom is 0.267 e. The zero-order chi connectivity index (χ0) is 20.6. The lowest BCUT2D eigenvalue weighted by Gasteiger charge is -2.28. The number of amides is 1. The van der Waals surface area contributed by atoms with Crippen molar-refractivity contribution < 1.29 is 13.2 Å². The highest BCUT2D eigenvalue weighted by atomic mass is 32.2. The second kappa shape index (κ2) is 7.49. The molecular weight excluding hydrogens is 408 g/mol. The largest absolute Gasteiger partial charge is 0.325 e. The Labute approximate surface area is 173 Å². The van der Waals surface area contributed by atoms with Crippen molar-refractivity contribution in [3.8, 4) is 11.3 Å². The first kappa shape index (κ1) is 19.4. The van der Waals surface area contributed by atoms with Crippen molar-refractivity contribution in [3.63, 3.8) is 0 Å². The highest BCUT2D eigenvalue weighted by molar-refractivity contribution is 7.99. The van der Waals surface area contributed by atoms with E-state index in [0.717, 1.165) is 23.0 Å². The summed E-state index contributed by atoms with van der Waals surface area (Å²) in [6.45, 7) is 1.95. The minimum absolute atomic E-state index is 0.0623. The summed E-state index contributed by atoms with van der Waals surface area (Å²) in [4.78, 5) is 20.9. The van der Waals surface area contributed by atoms with Crippen LogP contribution in [0.1, 0.15) is 5.56 Å². The molecule has 148 valence electrons. The summed E-state index contributed by atoms with van der Waals surface area (Å²) in [5.74, 6) is -0.0734. The molecule has 0 aliphatic carbocycles. The number of thioether (sulfide) groups is 1. The first-order valence-electron chi connectivity index (χ1n) is 8.81. The first-order valence-corrected chi connectivity index (χ1v) is 11.2. The molecule has 1 aliphatic rings. The van der Waals surface area contributed by atoms with Gasteiger partial charge in [0.2, 0.25) is 5.91 Å². The van der Waals surface area contributed by atoms with E-state index in [0.29, 0.717) is 22.1 Å². The van der Waals surface area contributed by atoms with Crippen LogP contribution in [0.5, 0.6) is 0 Å². The molecule has 0 unspecified atom stereocenters. The number of benzene rings is 2. The van der Waals surface area contributed by atoms with Crippen LogP contribution in [-0.4, -0.2) is 37.1 Å². The quantitative estimate of drug-likeness (QED) is 0.508. The van der Waals surface area contributed by atoms with Crippen LogP contribution in [0.25, 0.3) is 11.3 Å². The fraction of sp³-hybridized carbons (Fsp3) is 0.150. The zero-order valence-electron chi connectivity index (χ0n) is 15.8. The van der Waals surface area contributed by atoms with Crippen molar-refractivity contribution in [1.29, 1.82) is 0 Å². The van der Waals surface area contributed by atoms with Crippen molar-refractivity contribution in [3.05, 3.63) is 60.3 Å². The Balaban J connectivity index is 1.57. The van der Waals surface area contributed by atoms with Gasteiger partial charge in [-0.2, -0.15) is 0 Å². The van der Waals surface area contributed by atoms with Crippen LogP contribution in [0, 0.1) is 6.92 Å². The fourth-order valence-electron chi connectivity index (χ4n) is 3.08. The molecule has 7 nitrogen and oxygen atoms in total. The van der Waals surface area contributed by atoms with Gasteiger partial charge in [-0.15, -0.1) is 0 Å². The maximum atomic E-state index is 12.7. The summed E-state index contributed by atoms with van der Waals surface area (Å²) >= 11 is 1.16. The fourth-order valence-corrected chi connectivity index (χ4v) is 5.00. The number of aryl methyl sites for hydroxylation is 1. The molecule has 0 radical (unpaired) electrons. The van der Waals surface area contributed by atoms with Crippen molar-refractivity contribution in [2.45, 2.75) is 17.0 Å². The van der Waals surface area contributed by atoms with Gasteiger partial charge in [0.15, 0.2) is 5.16 Å². The predicted molar refractivity (Wildman–Crippen MR) is 114 cm³/mol. The normalized spacial score (nSPS) is 14.1. The minimum Gasteiger partial charge on any atom is -0.325 e. The molecule has 0 atom stereocenters. The van der Waals surface area contributed by atoms with Gasteiger partial charge in [0.05, 0.1) is 23.3 Å². The average molecular weight is 427 g/mol. The molecular formula is C20H18N4O3S2. The lowest BCUT2D eigenvalue weighted by molar-refractivity contribution is -0.113. The highest BCUT2D eigenvalue weighted by Crippen LogP contribution is 2.41. The second-order valence-corrected chi connectivity index (χ2v) is 9.44. The Hall–Kier alpha value is -2.91. The van der Waals surface area contributed by atoms with Crippen molar-refractivity contribution in [2.75, 3.05) is 22.4 Å². The van der Waals surface area contributed by atoms with Gasteiger partial charge in [0, 0.05) is 18.3 Å². The molecule has 0 saturated heterocycles. The number of fused-ring (bicyclic) bond motifs is 3. The minimum atomic E-state index is -3.71. The third-order valence-corrected chi connectivity index (χ3v) is 7.14. The molecule has 3 aromatic rings. The molecule has 0 spiro atoms. The number of para-hydroxylation sites is 1. The number of carbonyl (C=O) groups excluding carboxylic acids is 1. The van der Waals surface area contributed by atoms with E-state index >= 15 is 0 Å². The number of carbonyl (C=O) groups is 1. The van der Waals surface area contributed by atoms with Crippen molar-refractivity contribution >= 4 is 39.1 Å². The number of hydrogen-bond acceptors (Lipinski definition) is 6. The van der Waals surface area contributed by atoms with Gasteiger partial charge in [0.25, 0.3) is 10.0 Å². The molecule has 29 heavy (non-hydrogen) atoms. The third kappa shape index (κ3) is 3.70. The second-order valence-electron chi connectivity index (χ2n) is 6.56. The van der Waals surface area contributed by atoms with Crippen LogP contribution in [0.4, 0.5) is 11.4 Å². The van der Waals surface area contributed by atoms with Crippen LogP contribution in [-0.2, 0) is 14.8 Å². The number of hydrogen-bond donors (Lipinski definition) is 1. The zero-order valence-corrected chi connectivity index (χ0v) is 17.4. The van der Waals surface area contributed by atoms with Crippen molar-refractivity contribution in [2.24, 2.45) is 0 Å². The molecule has 4 rings (SSSR count). The van der Waals surface area contributed by atoms with Gasteiger partial charge in [-0.05, 0) is 30.7 Å². The molecule has 0 saturated carbocycles. The van der Waals surface area contributed by atoms with E-state index in [1.54, 1.807) is 12.1 Å². The Bertz CT molecular complexity index is 1210. The third-order valence-electron chi connectivity index (χ3n) is 4.50. The van der Waals surface area contributed by atoms with E-state index in [-0.39, 0.29) is 16.6 Å². The monoisotopic (exact) mass is 426 g/mol. The molecule has 1 aliphatic heterocycles. The summed E-state index contributed by atoms with van der Waals surface area (Å²) in [7, 11) is -2.20. The van der Waals surface area contributed by atoms with E-state index in [9.17, 15) is 13.2 Å². The summed E-state index contributed by atoms with van der Waals surface area (Å²) in [6.07, 6.45) is 1.31. The van der Waals surface area contributed by atoms with Gasteiger partial charge in [-0.25, -0.2) is 18.4 Å². The van der Waals surface area contributed by atoms with E-state index in [1.165, 1.54) is 17.5 Å². The van der Waals surface area contributed by atoms with Gasteiger partial charge < -0.3 is 5.32 Å². The number of anilines is 2. The summed E-state index contributed by atoms with van der Waals surface area (Å²) in [5.41, 5.74) is 3.42. The predicted octanol–water partition coefficient (Wildman–Crippen LogP) is 3.32. The topological polar surface area (TPSA) is 92.3 Å². The summed E-state index contributed by atoms with van der Waals surface area (Å²) < 4.78 is 26.7. The Kier molecular flexibility index (Phi) is 5.01. The summed E-state index contributed by atoms with van der Waals surface area (Å²) in [5, 5.41) is 3.18. The van der Waals surface area contributed by atoms with Crippen molar-refractivity contribution in [1.82, 2.24) is 9.97 Å². The molecule has 0 bridgehead atoms. The van der Waals surface area contributed by atoms with Crippen LogP contribution < -0.4 is 9.62 Å². The number of nitrogens with one attached hydrogen (secondary N) is 1. The molecule has 9 heteroatoms. The van der Waals surface area contributed by atoms with E-state index in [4.69, 9.17) is 0 Å². The van der Waals surface area contributed by atoms with Crippen LogP contribution in [0.2, 0.25) is 0 Å². The number of sulfonamides is 1. The summed E-state index contributed by atoms with van der Waals surface area (Å²) in [6, 6.07) is 14.7. The van der Waals surface area contributed by atoms with Crippen LogP contribution in [0.3, 0.4) is 0 Å². The molecule has 0 fully saturated rings. The maximum absolute atomic E-state index is 12.7. The molecule has 2 heterocycles. The van der Waals surface area contributed by atoms with Gasteiger partial charge >= 0.3 is 0 Å². The smallest absolute Gasteiger partial charge is 0.267 e. The van der Waals surface area contributed by atoms with E-state index < -0.39 is 10.0 Å². The standard InChI is InChI=1S/C20H18N4O3S2/c1-13-6-5-7-14(10-13)22-18(25)12-28-20-21-11-17-19(23-20)15-8-3-4-9-16(15)24(2)29(17,26)27/h3-11H,12H2,1-2H3,(H,22,25).